The zero-order valence-corrected chi connectivity index (χ0v) is 19.0. The maximum atomic E-state index is 12.7. The molecule has 1 aliphatic heterocycles. The monoisotopic (exact) mass is 542 g/mol. The molecule has 5 rings (SSSR count). The molecular weight excluding hydrogens is 523 g/mol. The minimum absolute atomic E-state index is 0.166. The Hall–Kier alpha value is -3.01. The number of allylic oxidation sites excluding steroid dienone is 2. The molecule has 2 aliphatic carbocycles. The van der Waals surface area contributed by atoms with Crippen molar-refractivity contribution in [2.45, 2.75) is 13.0 Å². The first-order chi connectivity index (χ1) is 15.4. The molecule has 4 atom stereocenters. The summed E-state index contributed by atoms with van der Waals surface area (Å²) in [6.07, 6.45) is 6.55. The summed E-state index contributed by atoms with van der Waals surface area (Å²) in [6, 6.07) is 12.0. The summed E-state index contributed by atoms with van der Waals surface area (Å²) in [4.78, 5) is 36.4. The van der Waals surface area contributed by atoms with Crippen LogP contribution < -0.4 is 4.74 Å². The van der Waals surface area contributed by atoms with Gasteiger partial charge in [0.05, 0.1) is 27.2 Å². The van der Waals surface area contributed by atoms with Crippen LogP contribution in [0.3, 0.4) is 0 Å². The largest absolute Gasteiger partial charge is 0.488 e. The number of hydrazone groups is 1. The number of aromatic carboxylic acids is 1. The van der Waals surface area contributed by atoms with Gasteiger partial charge in [-0.25, -0.2) is 4.79 Å². The van der Waals surface area contributed by atoms with Crippen molar-refractivity contribution in [3.05, 3.63) is 74.9 Å². The van der Waals surface area contributed by atoms with Gasteiger partial charge in [-0.15, -0.1) is 0 Å². The Bertz CT molecular complexity index is 1140. The second-order valence-electron chi connectivity index (χ2n) is 8.21. The van der Waals surface area contributed by atoms with Gasteiger partial charge in [0, 0.05) is 0 Å². The number of nitrogens with zero attached hydrogens (tertiary/aromatic N) is 2. The molecule has 2 amide bonds. The molecule has 0 radical (unpaired) electrons. The summed E-state index contributed by atoms with van der Waals surface area (Å²) in [5, 5.41) is 14.2. The molecule has 32 heavy (non-hydrogen) atoms. The van der Waals surface area contributed by atoms with E-state index in [2.05, 4.69) is 39.8 Å². The standard InChI is InChI=1S/C24H19IN2O5/c25-18-9-14(3-8-19(18)32-12-13-1-4-15(5-2-13)24(30)31)11-26-27-22(28)20-16-6-7-17(10-16)21(20)23(27)29/h1-9,11,16-17,20-21H,10,12H2,(H,30,31)/t16-,17-,20-,21+/m0/s1. The van der Waals surface area contributed by atoms with Crippen molar-refractivity contribution in [2.24, 2.45) is 28.8 Å². The average Bonchev–Trinajstić information content (AvgIpc) is 3.46. The molecule has 1 saturated heterocycles. The Kier molecular flexibility index (Phi) is 5.32. The molecule has 1 heterocycles. The quantitative estimate of drug-likeness (QED) is 0.260. The molecule has 162 valence electrons. The number of halogens is 1. The number of fused-ring (bicyclic) bond motifs is 5. The summed E-state index contributed by atoms with van der Waals surface area (Å²) in [5.74, 6) is -0.860. The van der Waals surface area contributed by atoms with Crippen LogP contribution in [0.5, 0.6) is 5.75 Å². The minimum atomic E-state index is -0.964. The number of amides is 2. The lowest BCUT2D eigenvalue weighted by Crippen LogP contribution is -2.28. The first kappa shape index (κ1) is 20.9. The molecule has 1 N–H and O–H groups in total. The summed E-state index contributed by atoms with van der Waals surface area (Å²) >= 11 is 2.15. The lowest BCUT2D eigenvalue weighted by atomic mass is 9.85. The van der Waals surface area contributed by atoms with Crippen molar-refractivity contribution in [1.29, 1.82) is 0 Å². The first-order valence-corrected chi connectivity index (χ1v) is 11.3. The van der Waals surface area contributed by atoms with E-state index in [1.165, 1.54) is 6.21 Å². The van der Waals surface area contributed by atoms with E-state index in [9.17, 15) is 14.4 Å². The van der Waals surface area contributed by atoms with E-state index in [-0.39, 0.29) is 41.0 Å². The Morgan fingerprint density at radius 2 is 1.75 bits per heavy atom. The number of carboxylic acid groups (broad SMARTS) is 1. The van der Waals surface area contributed by atoms with Crippen molar-refractivity contribution in [3.8, 4) is 5.75 Å². The molecule has 0 spiro atoms. The molecule has 8 heteroatoms. The van der Waals surface area contributed by atoms with E-state index in [4.69, 9.17) is 9.84 Å². The van der Waals surface area contributed by atoms with Gasteiger partial charge in [-0.05, 0) is 82.3 Å². The zero-order valence-electron chi connectivity index (χ0n) is 16.8. The lowest BCUT2D eigenvalue weighted by Gasteiger charge is -2.13. The van der Waals surface area contributed by atoms with Gasteiger partial charge in [-0.3, -0.25) is 9.59 Å². The predicted molar refractivity (Wildman–Crippen MR) is 124 cm³/mol. The van der Waals surface area contributed by atoms with E-state index in [1.54, 1.807) is 30.3 Å². The van der Waals surface area contributed by atoms with E-state index < -0.39 is 5.97 Å². The summed E-state index contributed by atoms with van der Waals surface area (Å²) < 4.78 is 6.70. The van der Waals surface area contributed by atoms with Crippen molar-refractivity contribution in [1.82, 2.24) is 5.01 Å². The number of hydrogen-bond acceptors (Lipinski definition) is 5. The molecule has 3 aliphatic rings. The third-order valence-corrected chi connectivity index (χ3v) is 7.16. The second kappa shape index (κ2) is 8.16. The maximum Gasteiger partial charge on any atom is 0.335 e. The van der Waals surface area contributed by atoms with Gasteiger partial charge < -0.3 is 9.84 Å². The predicted octanol–water partition coefficient (Wildman–Crippen LogP) is 3.71. The SMILES string of the molecule is O=C(O)c1ccc(COc2ccc(C=NN3C(=O)[C@@H]4[C@H](C3=O)[C@H]3C=C[C@H]4C3)cc2I)cc1. The van der Waals surface area contributed by atoms with Crippen LogP contribution in [-0.4, -0.2) is 34.1 Å². The number of carbonyl (C=O) groups excluding carboxylic acids is 2. The van der Waals surface area contributed by atoms with Gasteiger partial charge >= 0.3 is 5.97 Å². The highest BCUT2D eigenvalue weighted by Gasteiger charge is 2.59. The number of ether oxygens (including phenoxy) is 1. The number of rotatable bonds is 6. The van der Waals surface area contributed by atoms with Crippen LogP contribution in [0.1, 0.15) is 27.9 Å². The zero-order chi connectivity index (χ0) is 22.4. The molecule has 2 fully saturated rings. The molecular formula is C24H19IN2O5. The topological polar surface area (TPSA) is 96.3 Å². The van der Waals surface area contributed by atoms with Gasteiger partial charge in [0.25, 0.3) is 11.8 Å². The smallest absolute Gasteiger partial charge is 0.335 e. The first-order valence-electron chi connectivity index (χ1n) is 10.3. The van der Waals surface area contributed by atoms with Crippen molar-refractivity contribution < 1.29 is 24.2 Å². The van der Waals surface area contributed by atoms with Crippen LogP contribution in [0.15, 0.2) is 59.7 Å². The van der Waals surface area contributed by atoms with E-state index in [0.717, 1.165) is 26.1 Å². The number of carboxylic acids is 1. The molecule has 7 nitrogen and oxygen atoms in total. The molecule has 0 aromatic heterocycles. The Morgan fingerprint density at radius 1 is 1.09 bits per heavy atom. The van der Waals surface area contributed by atoms with Gasteiger partial charge in [0.1, 0.15) is 12.4 Å². The van der Waals surface area contributed by atoms with Gasteiger partial charge in [-0.2, -0.15) is 10.1 Å². The molecule has 2 aromatic rings. The number of carbonyl (C=O) groups is 3. The van der Waals surface area contributed by atoms with E-state index in [0.29, 0.717) is 12.4 Å². The molecule has 2 aromatic carbocycles. The van der Waals surface area contributed by atoms with Crippen LogP contribution >= 0.6 is 22.6 Å². The fourth-order valence-corrected chi connectivity index (χ4v) is 5.44. The number of benzene rings is 2. The molecule has 0 unspecified atom stereocenters. The highest BCUT2D eigenvalue weighted by Crippen LogP contribution is 2.52. The van der Waals surface area contributed by atoms with Crippen LogP contribution in [0.25, 0.3) is 0 Å². The summed E-state index contributed by atoms with van der Waals surface area (Å²) in [6.45, 7) is 0.305. The number of imide groups is 1. The normalized spacial score (nSPS) is 25.7. The van der Waals surface area contributed by atoms with Crippen molar-refractivity contribution >= 4 is 46.6 Å². The van der Waals surface area contributed by atoms with Crippen molar-refractivity contribution in [2.75, 3.05) is 0 Å². The minimum Gasteiger partial charge on any atom is -0.488 e. The van der Waals surface area contributed by atoms with Crippen LogP contribution in [0.2, 0.25) is 0 Å². The third-order valence-electron chi connectivity index (χ3n) is 6.32. The Balaban J connectivity index is 1.24. The highest BCUT2D eigenvalue weighted by molar-refractivity contribution is 14.1. The highest BCUT2D eigenvalue weighted by atomic mass is 127. The fraction of sp³-hybridized carbons (Fsp3) is 0.250. The maximum absolute atomic E-state index is 12.7. The van der Waals surface area contributed by atoms with E-state index >= 15 is 0 Å². The average molecular weight is 542 g/mol. The van der Waals surface area contributed by atoms with Crippen LogP contribution in [0.4, 0.5) is 0 Å². The van der Waals surface area contributed by atoms with Crippen LogP contribution in [-0.2, 0) is 16.2 Å². The summed E-state index contributed by atoms with van der Waals surface area (Å²) in [5.41, 5.74) is 1.84. The molecule has 1 saturated carbocycles. The fourth-order valence-electron chi connectivity index (χ4n) is 4.74. The molecule has 2 bridgehead atoms. The second-order valence-corrected chi connectivity index (χ2v) is 9.38. The van der Waals surface area contributed by atoms with Gasteiger partial charge in [-0.1, -0.05) is 24.3 Å². The number of hydrogen-bond donors (Lipinski definition) is 1. The van der Waals surface area contributed by atoms with E-state index in [1.807, 2.05) is 12.1 Å². The van der Waals surface area contributed by atoms with Gasteiger partial charge in [0.15, 0.2) is 0 Å². The summed E-state index contributed by atoms with van der Waals surface area (Å²) in [7, 11) is 0. The third kappa shape index (κ3) is 3.62. The Morgan fingerprint density at radius 3 is 2.34 bits per heavy atom. The van der Waals surface area contributed by atoms with Crippen molar-refractivity contribution in [3.63, 3.8) is 0 Å². The van der Waals surface area contributed by atoms with Gasteiger partial charge in [0.2, 0.25) is 0 Å². The van der Waals surface area contributed by atoms with Crippen LogP contribution in [0, 0.1) is 27.2 Å². The lowest BCUT2D eigenvalue weighted by molar-refractivity contribution is -0.140. The Labute approximate surface area is 197 Å².